The molecule has 0 radical (unpaired) electrons. The van der Waals surface area contributed by atoms with Gasteiger partial charge in [0.1, 0.15) is 5.75 Å². The summed E-state index contributed by atoms with van der Waals surface area (Å²) in [6.07, 6.45) is 1.11. The second-order valence-corrected chi connectivity index (χ2v) is 10.5. The van der Waals surface area contributed by atoms with E-state index in [2.05, 4.69) is 53.0 Å². The van der Waals surface area contributed by atoms with Crippen molar-refractivity contribution in [2.24, 2.45) is 0 Å². The molecule has 1 aliphatic heterocycles. The first kappa shape index (κ1) is 12.1. The highest BCUT2D eigenvalue weighted by Crippen LogP contribution is 2.31. The topological polar surface area (TPSA) is 21.3 Å². The van der Waals surface area contributed by atoms with E-state index in [1.165, 1.54) is 11.1 Å². The predicted octanol–water partition coefficient (Wildman–Crippen LogP) is 3.31. The molecule has 0 atom stereocenters. The minimum atomic E-state index is -1.53. The van der Waals surface area contributed by atoms with Crippen molar-refractivity contribution in [3.8, 4) is 5.75 Å². The number of hydrogen-bond donors (Lipinski definition) is 1. The monoisotopic (exact) mass is 299 g/mol. The molecular weight excluding hydrogens is 282 g/mol. The van der Waals surface area contributed by atoms with E-state index in [9.17, 15) is 0 Å². The number of fused-ring (bicyclic) bond motifs is 1. The van der Waals surface area contributed by atoms with E-state index in [0.29, 0.717) is 0 Å². The van der Waals surface area contributed by atoms with Gasteiger partial charge in [-0.2, -0.15) is 0 Å². The van der Waals surface area contributed by atoms with E-state index in [1.54, 1.807) is 0 Å². The summed E-state index contributed by atoms with van der Waals surface area (Å²) in [6.45, 7) is 8.66. The minimum absolute atomic E-state index is 0.963. The summed E-state index contributed by atoms with van der Waals surface area (Å²) in [6, 6.07) is 4.40. The highest BCUT2D eigenvalue weighted by molar-refractivity contribution is 9.10. The fourth-order valence-electron chi connectivity index (χ4n) is 1.89. The first-order valence-corrected chi connectivity index (χ1v) is 9.87. The molecular formula is C12H18BrNOSi. The van der Waals surface area contributed by atoms with Gasteiger partial charge in [-0.15, -0.1) is 0 Å². The van der Waals surface area contributed by atoms with Crippen LogP contribution in [0.4, 0.5) is 0 Å². The molecule has 0 saturated heterocycles. The van der Waals surface area contributed by atoms with Crippen molar-refractivity contribution in [3.05, 3.63) is 27.7 Å². The van der Waals surface area contributed by atoms with Gasteiger partial charge in [0.05, 0.1) is 4.47 Å². The fourth-order valence-corrected chi connectivity index (χ4v) is 3.34. The maximum atomic E-state index is 6.06. The summed E-state index contributed by atoms with van der Waals surface area (Å²) >= 11 is 3.60. The van der Waals surface area contributed by atoms with Crippen molar-refractivity contribution in [3.63, 3.8) is 0 Å². The van der Waals surface area contributed by atoms with Gasteiger partial charge in [-0.05, 0) is 71.8 Å². The molecule has 0 aromatic heterocycles. The summed E-state index contributed by atoms with van der Waals surface area (Å²) in [4.78, 5) is 0. The minimum Gasteiger partial charge on any atom is -0.544 e. The Hall–Kier alpha value is -0.323. The lowest BCUT2D eigenvalue weighted by molar-refractivity contribution is 0.548. The van der Waals surface area contributed by atoms with Gasteiger partial charge >= 0.3 is 0 Å². The molecule has 0 spiro atoms. The highest BCUT2D eigenvalue weighted by atomic mass is 79.9. The van der Waals surface area contributed by atoms with E-state index in [4.69, 9.17) is 4.43 Å². The zero-order valence-electron chi connectivity index (χ0n) is 10.1. The molecule has 1 aromatic carbocycles. The number of hydrogen-bond acceptors (Lipinski definition) is 2. The van der Waals surface area contributed by atoms with E-state index in [-0.39, 0.29) is 0 Å². The predicted molar refractivity (Wildman–Crippen MR) is 73.5 cm³/mol. The smallest absolute Gasteiger partial charge is 0.242 e. The standard InChI is InChI=1S/C12H18BrNOSi/c1-16(2,3)15-12-7-10-8-14-5-4-9(10)6-11(12)13/h6-7,14H,4-5,8H2,1-3H3. The van der Waals surface area contributed by atoms with Crippen LogP contribution < -0.4 is 9.74 Å². The molecule has 1 heterocycles. The lowest BCUT2D eigenvalue weighted by Gasteiger charge is -2.24. The number of halogens is 1. The molecule has 16 heavy (non-hydrogen) atoms. The third-order valence-corrected chi connectivity index (χ3v) is 4.01. The van der Waals surface area contributed by atoms with Crippen LogP contribution in [0, 0.1) is 0 Å². The van der Waals surface area contributed by atoms with Gasteiger partial charge < -0.3 is 9.74 Å². The summed E-state index contributed by atoms with van der Waals surface area (Å²) < 4.78 is 7.16. The Balaban J connectivity index is 2.32. The normalized spacial score (nSPS) is 15.8. The third kappa shape index (κ3) is 2.87. The van der Waals surface area contributed by atoms with E-state index < -0.39 is 8.32 Å². The Morgan fingerprint density at radius 2 is 2.00 bits per heavy atom. The van der Waals surface area contributed by atoms with Crippen LogP contribution in [0.3, 0.4) is 0 Å². The zero-order valence-corrected chi connectivity index (χ0v) is 12.6. The van der Waals surface area contributed by atoms with Crippen LogP contribution in [0.1, 0.15) is 11.1 Å². The molecule has 88 valence electrons. The summed E-state index contributed by atoms with van der Waals surface area (Å²) in [5.74, 6) is 1.00. The van der Waals surface area contributed by atoms with Crippen LogP contribution in [-0.4, -0.2) is 14.9 Å². The van der Waals surface area contributed by atoms with Crippen LogP contribution in [0.25, 0.3) is 0 Å². The first-order chi connectivity index (χ1) is 7.46. The Labute approximate surface area is 107 Å². The average Bonchev–Trinajstić information content (AvgIpc) is 2.17. The van der Waals surface area contributed by atoms with Crippen LogP contribution in [-0.2, 0) is 13.0 Å². The maximum Gasteiger partial charge on any atom is 0.242 e. The Kier molecular flexibility index (Phi) is 3.42. The third-order valence-electron chi connectivity index (χ3n) is 2.56. The van der Waals surface area contributed by atoms with Crippen LogP contribution in [0.2, 0.25) is 19.6 Å². The van der Waals surface area contributed by atoms with Gasteiger partial charge in [0, 0.05) is 6.54 Å². The molecule has 0 fully saturated rings. The lowest BCUT2D eigenvalue weighted by Crippen LogP contribution is -2.30. The van der Waals surface area contributed by atoms with Crippen molar-refractivity contribution < 1.29 is 4.43 Å². The number of rotatable bonds is 2. The van der Waals surface area contributed by atoms with Crippen molar-refractivity contribution in [1.82, 2.24) is 5.32 Å². The molecule has 0 amide bonds. The quantitative estimate of drug-likeness (QED) is 0.846. The Morgan fingerprint density at radius 1 is 1.25 bits per heavy atom. The van der Waals surface area contributed by atoms with Crippen LogP contribution >= 0.6 is 15.9 Å². The Morgan fingerprint density at radius 3 is 2.69 bits per heavy atom. The van der Waals surface area contributed by atoms with Gasteiger partial charge in [0.15, 0.2) is 0 Å². The second kappa shape index (κ2) is 4.51. The van der Waals surface area contributed by atoms with Crippen LogP contribution in [0.5, 0.6) is 5.75 Å². The molecule has 0 saturated carbocycles. The molecule has 1 aliphatic rings. The van der Waals surface area contributed by atoms with Crippen LogP contribution in [0.15, 0.2) is 16.6 Å². The first-order valence-electron chi connectivity index (χ1n) is 5.67. The molecule has 0 aliphatic carbocycles. The molecule has 1 aromatic rings. The molecule has 2 rings (SSSR count). The van der Waals surface area contributed by atoms with Gasteiger partial charge in [-0.1, -0.05) is 0 Å². The number of benzene rings is 1. The fraction of sp³-hybridized carbons (Fsp3) is 0.500. The molecule has 4 heteroatoms. The van der Waals surface area contributed by atoms with Gasteiger partial charge in [0.2, 0.25) is 8.32 Å². The maximum absolute atomic E-state index is 6.06. The average molecular weight is 300 g/mol. The summed E-state index contributed by atoms with van der Waals surface area (Å²) in [7, 11) is -1.53. The molecule has 1 N–H and O–H groups in total. The Bertz CT molecular complexity index is 401. The molecule has 2 nitrogen and oxygen atoms in total. The van der Waals surface area contributed by atoms with Gasteiger partial charge in [-0.3, -0.25) is 0 Å². The second-order valence-electron chi connectivity index (χ2n) is 5.19. The SMILES string of the molecule is C[Si](C)(C)Oc1cc2c(cc1Br)CCNC2. The van der Waals surface area contributed by atoms with Gasteiger partial charge in [-0.25, -0.2) is 0 Å². The van der Waals surface area contributed by atoms with Crippen molar-refractivity contribution >= 4 is 24.2 Å². The van der Waals surface area contributed by atoms with Crippen molar-refractivity contribution in [1.29, 1.82) is 0 Å². The van der Waals surface area contributed by atoms with E-state index in [0.717, 1.165) is 29.7 Å². The molecule has 0 bridgehead atoms. The summed E-state index contributed by atoms with van der Waals surface area (Å²) in [5, 5.41) is 3.39. The van der Waals surface area contributed by atoms with Gasteiger partial charge in [0.25, 0.3) is 0 Å². The summed E-state index contributed by atoms with van der Waals surface area (Å²) in [5.41, 5.74) is 2.82. The molecule has 0 unspecified atom stereocenters. The zero-order chi connectivity index (χ0) is 11.8. The van der Waals surface area contributed by atoms with Crippen molar-refractivity contribution in [2.75, 3.05) is 6.54 Å². The highest BCUT2D eigenvalue weighted by Gasteiger charge is 2.19. The van der Waals surface area contributed by atoms with Crippen molar-refractivity contribution in [2.45, 2.75) is 32.6 Å². The largest absolute Gasteiger partial charge is 0.544 e. The number of nitrogens with one attached hydrogen (secondary N) is 1. The van der Waals surface area contributed by atoms with E-state index in [1.807, 2.05) is 0 Å². The lowest BCUT2D eigenvalue weighted by atomic mass is 10.0. The van der Waals surface area contributed by atoms with E-state index >= 15 is 0 Å².